The molecule has 2 N–H and O–H groups in total. The molecule has 0 saturated heterocycles. The Morgan fingerprint density at radius 3 is 2.33 bits per heavy atom. The molecule has 0 unspecified atom stereocenters. The van der Waals surface area contributed by atoms with E-state index in [4.69, 9.17) is 4.74 Å². The maximum Gasteiger partial charge on any atom is 0.329 e. The van der Waals surface area contributed by atoms with Crippen molar-refractivity contribution in [2.75, 3.05) is 7.11 Å². The zero-order valence-corrected chi connectivity index (χ0v) is 12.2. The molecule has 5 heteroatoms. The van der Waals surface area contributed by atoms with E-state index in [1.165, 1.54) is 7.11 Å². The number of benzene rings is 1. The monoisotopic (exact) mass is 291 g/mol. The average Bonchev–Trinajstić information content (AvgIpc) is 2.50. The third-order valence-corrected chi connectivity index (χ3v) is 4.06. The molecule has 0 bridgehead atoms. The van der Waals surface area contributed by atoms with Gasteiger partial charge in [0.25, 0.3) is 5.91 Å². The first-order chi connectivity index (χ1) is 10.1. The number of methoxy groups -OCH3 is 1. The minimum absolute atomic E-state index is 0.395. The molecule has 1 aliphatic carbocycles. The fourth-order valence-corrected chi connectivity index (χ4v) is 2.87. The minimum atomic E-state index is -1.15. The van der Waals surface area contributed by atoms with E-state index in [1.54, 1.807) is 12.1 Å². The summed E-state index contributed by atoms with van der Waals surface area (Å²) in [6, 6.07) is 9.09. The van der Waals surface area contributed by atoms with Gasteiger partial charge < -0.3 is 15.2 Å². The Labute approximate surface area is 124 Å². The van der Waals surface area contributed by atoms with Crippen LogP contribution in [-0.2, 0) is 14.3 Å². The third-order valence-electron chi connectivity index (χ3n) is 4.06. The van der Waals surface area contributed by atoms with Crippen LogP contribution in [0.15, 0.2) is 30.3 Å². The summed E-state index contributed by atoms with van der Waals surface area (Å²) in [4.78, 5) is 24.1. The molecule has 5 nitrogen and oxygen atoms in total. The Kier molecular flexibility index (Phi) is 4.96. The highest BCUT2D eigenvalue weighted by atomic mass is 16.5. The molecule has 0 spiro atoms. The van der Waals surface area contributed by atoms with Gasteiger partial charge in [-0.05, 0) is 18.4 Å². The topological polar surface area (TPSA) is 75.6 Å². The van der Waals surface area contributed by atoms with Crippen molar-refractivity contribution >= 4 is 11.9 Å². The van der Waals surface area contributed by atoms with Crippen LogP contribution in [0.1, 0.15) is 43.8 Å². The van der Waals surface area contributed by atoms with Gasteiger partial charge in [0.05, 0.1) is 0 Å². The van der Waals surface area contributed by atoms with Gasteiger partial charge in [-0.25, -0.2) is 4.79 Å². The van der Waals surface area contributed by atoms with Gasteiger partial charge in [-0.15, -0.1) is 0 Å². The molecule has 21 heavy (non-hydrogen) atoms. The zero-order chi connectivity index (χ0) is 15.3. The first-order valence-corrected chi connectivity index (χ1v) is 7.22. The van der Waals surface area contributed by atoms with E-state index in [2.05, 4.69) is 5.32 Å². The van der Waals surface area contributed by atoms with Crippen molar-refractivity contribution < 1.29 is 19.4 Å². The van der Waals surface area contributed by atoms with E-state index in [0.717, 1.165) is 19.3 Å². The lowest BCUT2D eigenvalue weighted by Crippen LogP contribution is -2.56. The van der Waals surface area contributed by atoms with Crippen LogP contribution >= 0.6 is 0 Å². The van der Waals surface area contributed by atoms with Gasteiger partial charge in [-0.3, -0.25) is 4.79 Å². The van der Waals surface area contributed by atoms with Gasteiger partial charge in [0, 0.05) is 7.11 Å². The number of nitrogens with one attached hydrogen (secondary N) is 1. The van der Waals surface area contributed by atoms with Gasteiger partial charge in [0.2, 0.25) is 0 Å². The highest BCUT2D eigenvalue weighted by Crippen LogP contribution is 2.29. The number of rotatable bonds is 5. The molecule has 1 amide bonds. The summed E-state index contributed by atoms with van der Waals surface area (Å²) in [5.74, 6) is -1.36. The molecule has 1 aromatic carbocycles. The maximum atomic E-state index is 12.5. The van der Waals surface area contributed by atoms with Crippen molar-refractivity contribution in [2.24, 2.45) is 0 Å². The van der Waals surface area contributed by atoms with Crippen LogP contribution in [0.25, 0.3) is 0 Å². The number of carboxylic acids is 1. The minimum Gasteiger partial charge on any atom is -0.480 e. The fraction of sp³-hybridized carbons (Fsp3) is 0.500. The highest BCUT2D eigenvalue weighted by Gasteiger charge is 2.42. The van der Waals surface area contributed by atoms with Gasteiger partial charge in [0.15, 0.2) is 6.10 Å². The highest BCUT2D eigenvalue weighted by molar-refractivity contribution is 5.89. The standard InChI is InChI=1S/C16H21NO4/c1-21-13(12-8-4-2-5-9-12)14(18)17-16(15(19)20)10-6-3-7-11-16/h2,4-5,8-9,13H,3,6-7,10-11H2,1H3,(H,17,18)(H,19,20)/t13-/m1/s1. The number of carbonyl (C=O) groups is 2. The van der Waals surface area contributed by atoms with Gasteiger partial charge in [-0.2, -0.15) is 0 Å². The maximum absolute atomic E-state index is 12.5. The van der Waals surface area contributed by atoms with Crippen molar-refractivity contribution in [1.29, 1.82) is 0 Å². The Morgan fingerprint density at radius 1 is 1.19 bits per heavy atom. The van der Waals surface area contributed by atoms with E-state index < -0.39 is 23.5 Å². The van der Waals surface area contributed by atoms with Crippen LogP contribution in [0.2, 0.25) is 0 Å². The van der Waals surface area contributed by atoms with Crippen molar-refractivity contribution in [3.63, 3.8) is 0 Å². The third kappa shape index (κ3) is 3.42. The summed E-state index contributed by atoms with van der Waals surface area (Å²) in [7, 11) is 1.45. The van der Waals surface area contributed by atoms with Crippen molar-refractivity contribution in [3.8, 4) is 0 Å². The number of ether oxygens (including phenoxy) is 1. The molecule has 0 radical (unpaired) electrons. The zero-order valence-electron chi connectivity index (χ0n) is 12.2. The van der Waals surface area contributed by atoms with Gasteiger partial charge in [0.1, 0.15) is 5.54 Å². The number of amides is 1. The lowest BCUT2D eigenvalue weighted by molar-refractivity contribution is -0.151. The second kappa shape index (κ2) is 6.72. The quantitative estimate of drug-likeness (QED) is 0.872. The lowest BCUT2D eigenvalue weighted by atomic mass is 9.81. The predicted octanol–water partition coefficient (Wildman–Crippen LogP) is 2.28. The molecule has 2 rings (SSSR count). The summed E-state index contributed by atoms with van der Waals surface area (Å²) in [6.07, 6.45) is 2.80. The van der Waals surface area contributed by atoms with Crippen LogP contribution in [0, 0.1) is 0 Å². The van der Waals surface area contributed by atoms with Crippen LogP contribution in [0.3, 0.4) is 0 Å². The van der Waals surface area contributed by atoms with E-state index in [-0.39, 0.29) is 0 Å². The predicted molar refractivity (Wildman–Crippen MR) is 77.8 cm³/mol. The number of carbonyl (C=O) groups excluding carboxylic acids is 1. The summed E-state index contributed by atoms with van der Waals surface area (Å²) in [5.41, 5.74) is -0.435. The molecular formula is C16H21NO4. The molecule has 0 aromatic heterocycles. The molecule has 1 aliphatic rings. The van der Waals surface area contributed by atoms with E-state index in [1.807, 2.05) is 18.2 Å². The van der Waals surface area contributed by atoms with E-state index in [0.29, 0.717) is 18.4 Å². The lowest BCUT2D eigenvalue weighted by Gasteiger charge is -2.35. The molecule has 0 aliphatic heterocycles. The van der Waals surface area contributed by atoms with E-state index in [9.17, 15) is 14.7 Å². The summed E-state index contributed by atoms with van der Waals surface area (Å²) in [5, 5.41) is 12.2. The second-order valence-corrected chi connectivity index (χ2v) is 5.46. The molecule has 1 atom stereocenters. The van der Waals surface area contributed by atoms with Gasteiger partial charge >= 0.3 is 5.97 Å². The van der Waals surface area contributed by atoms with Gasteiger partial charge in [-0.1, -0.05) is 49.6 Å². The normalized spacial score (nSPS) is 18.7. The Balaban J connectivity index is 2.16. The molecule has 1 aromatic rings. The summed E-state index contributed by atoms with van der Waals surface area (Å²) in [6.45, 7) is 0. The Hall–Kier alpha value is -1.88. The van der Waals surface area contributed by atoms with Crippen LogP contribution in [0.5, 0.6) is 0 Å². The molecule has 114 valence electrons. The number of carboxylic acid groups (broad SMARTS) is 1. The summed E-state index contributed by atoms with van der Waals surface area (Å²) < 4.78 is 5.26. The fourth-order valence-electron chi connectivity index (χ4n) is 2.87. The van der Waals surface area contributed by atoms with Crippen LogP contribution in [0.4, 0.5) is 0 Å². The largest absolute Gasteiger partial charge is 0.480 e. The molecule has 1 saturated carbocycles. The Bertz CT molecular complexity index is 494. The molecule has 0 heterocycles. The Morgan fingerprint density at radius 2 is 1.81 bits per heavy atom. The SMILES string of the molecule is CO[C@@H](C(=O)NC1(C(=O)O)CCCCC1)c1ccccc1. The van der Waals surface area contributed by atoms with E-state index >= 15 is 0 Å². The smallest absolute Gasteiger partial charge is 0.329 e. The number of aliphatic carboxylic acids is 1. The summed E-state index contributed by atoms with van der Waals surface area (Å²) >= 11 is 0. The van der Waals surface area contributed by atoms with Crippen LogP contribution < -0.4 is 5.32 Å². The van der Waals surface area contributed by atoms with Crippen LogP contribution in [-0.4, -0.2) is 29.6 Å². The second-order valence-electron chi connectivity index (χ2n) is 5.46. The average molecular weight is 291 g/mol. The van der Waals surface area contributed by atoms with Crippen molar-refractivity contribution in [1.82, 2.24) is 5.32 Å². The first kappa shape index (κ1) is 15.5. The van der Waals surface area contributed by atoms with Crippen molar-refractivity contribution in [2.45, 2.75) is 43.7 Å². The number of hydrogen-bond acceptors (Lipinski definition) is 3. The first-order valence-electron chi connectivity index (χ1n) is 7.22. The number of hydrogen-bond donors (Lipinski definition) is 2. The molecular weight excluding hydrogens is 270 g/mol. The van der Waals surface area contributed by atoms with Crippen molar-refractivity contribution in [3.05, 3.63) is 35.9 Å². The molecule has 1 fully saturated rings.